The summed E-state index contributed by atoms with van der Waals surface area (Å²) >= 11 is 6.62. The number of halogens is 1. The van der Waals surface area contributed by atoms with Crippen molar-refractivity contribution in [2.45, 2.75) is 38.5 Å². The Morgan fingerprint density at radius 1 is 1.15 bits per heavy atom. The summed E-state index contributed by atoms with van der Waals surface area (Å²) in [5.41, 5.74) is 6.52. The summed E-state index contributed by atoms with van der Waals surface area (Å²) in [5, 5.41) is 2.04. The molecule has 1 aliphatic rings. The van der Waals surface area contributed by atoms with E-state index in [9.17, 15) is 0 Å². The Hall–Kier alpha value is -2.13. The van der Waals surface area contributed by atoms with E-state index in [-0.39, 0.29) is 0 Å². The molecule has 1 aromatic heterocycles. The molecule has 0 saturated carbocycles. The van der Waals surface area contributed by atoms with Crippen molar-refractivity contribution in [3.8, 4) is 11.5 Å². The van der Waals surface area contributed by atoms with Gasteiger partial charge in [0.25, 0.3) is 0 Å². The lowest BCUT2D eigenvalue weighted by Crippen LogP contribution is -2.12. The fraction of sp³-hybridized carbons (Fsp3) is 0.364. The topological polar surface area (TPSA) is 34.2 Å². The first-order valence-electron chi connectivity index (χ1n) is 9.12. The maximum atomic E-state index is 6.62. The van der Waals surface area contributed by atoms with Gasteiger partial charge in [-0.2, -0.15) is 0 Å². The van der Waals surface area contributed by atoms with Gasteiger partial charge in [0, 0.05) is 22.5 Å². The Morgan fingerprint density at radius 3 is 2.77 bits per heavy atom. The van der Waals surface area contributed by atoms with Crippen molar-refractivity contribution >= 4 is 22.5 Å². The van der Waals surface area contributed by atoms with E-state index < -0.39 is 0 Å². The predicted molar refractivity (Wildman–Crippen MR) is 107 cm³/mol. The highest BCUT2D eigenvalue weighted by atomic mass is 35.5. The zero-order valence-electron chi connectivity index (χ0n) is 15.5. The molecule has 0 bridgehead atoms. The molecule has 0 saturated heterocycles. The first kappa shape index (κ1) is 17.3. The molecule has 4 heteroatoms. The van der Waals surface area contributed by atoms with Crippen molar-refractivity contribution < 1.29 is 9.47 Å². The number of aromatic nitrogens is 1. The standard InChI is InChI=1S/C22H24ClNO2/c1-13-7-9-18-17(11-13)16-6-4-5-15(21(16)24-18)12-14-8-10-19(25-2)22(26-3)20(14)23/h7-11,15,24H,4-6,12H2,1-3H3. The lowest BCUT2D eigenvalue weighted by atomic mass is 9.83. The minimum Gasteiger partial charge on any atom is -0.493 e. The molecule has 3 nitrogen and oxygen atoms in total. The summed E-state index contributed by atoms with van der Waals surface area (Å²) in [4.78, 5) is 3.69. The molecule has 1 atom stereocenters. The van der Waals surface area contributed by atoms with Crippen LogP contribution in [0.25, 0.3) is 10.9 Å². The van der Waals surface area contributed by atoms with E-state index >= 15 is 0 Å². The molecule has 1 unspecified atom stereocenters. The number of hydrogen-bond donors (Lipinski definition) is 1. The zero-order chi connectivity index (χ0) is 18.3. The lowest BCUT2D eigenvalue weighted by Gasteiger charge is -2.24. The van der Waals surface area contributed by atoms with Gasteiger partial charge in [0.2, 0.25) is 0 Å². The monoisotopic (exact) mass is 369 g/mol. The Morgan fingerprint density at radius 2 is 2.00 bits per heavy atom. The second kappa shape index (κ2) is 6.88. The van der Waals surface area contributed by atoms with Crippen LogP contribution < -0.4 is 9.47 Å². The molecule has 2 aromatic carbocycles. The summed E-state index contributed by atoms with van der Waals surface area (Å²) in [6, 6.07) is 10.7. The van der Waals surface area contributed by atoms with E-state index in [2.05, 4.69) is 36.2 Å². The second-order valence-electron chi connectivity index (χ2n) is 7.13. The smallest absolute Gasteiger partial charge is 0.179 e. The third-order valence-corrected chi connectivity index (χ3v) is 5.93. The van der Waals surface area contributed by atoms with Crippen LogP contribution >= 0.6 is 11.6 Å². The summed E-state index contributed by atoms with van der Waals surface area (Å²) in [6.45, 7) is 2.16. The van der Waals surface area contributed by atoms with Crippen LogP contribution in [-0.4, -0.2) is 19.2 Å². The third kappa shape index (κ3) is 2.84. The number of fused-ring (bicyclic) bond motifs is 3. The average molecular weight is 370 g/mol. The van der Waals surface area contributed by atoms with Crippen LogP contribution in [0.3, 0.4) is 0 Å². The molecule has 3 aromatic rings. The van der Waals surface area contributed by atoms with E-state index in [1.807, 2.05) is 6.07 Å². The van der Waals surface area contributed by atoms with Gasteiger partial charge in [-0.3, -0.25) is 0 Å². The van der Waals surface area contributed by atoms with Crippen molar-refractivity contribution in [2.75, 3.05) is 14.2 Å². The van der Waals surface area contributed by atoms with Crippen molar-refractivity contribution in [3.63, 3.8) is 0 Å². The molecule has 0 amide bonds. The highest BCUT2D eigenvalue weighted by molar-refractivity contribution is 6.33. The van der Waals surface area contributed by atoms with Crippen molar-refractivity contribution in [1.82, 2.24) is 4.98 Å². The Balaban J connectivity index is 1.72. The van der Waals surface area contributed by atoms with Crippen LogP contribution in [0.4, 0.5) is 0 Å². The minimum absolute atomic E-state index is 0.446. The number of aromatic amines is 1. The van der Waals surface area contributed by atoms with E-state index in [1.54, 1.807) is 14.2 Å². The van der Waals surface area contributed by atoms with Gasteiger partial charge in [0.15, 0.2) is 11.5 Å². The maximum Gasteiger partial charge on any atom is 0.179 e. The van der Waals surface area contributed by atoms with Gasteiger partial charge < -0.3 is 14.5 Å². The van der Waals surface area contributed by atoms with Gasteiger partial charge >= 0.3 is 0 Å². The molecule has 1 N–H and O–H groups in total. The van der Waals surface area contributed by atoms with Crippen LogP contribution in [0.5, 0.6) is 11.5 Å². The van der Waals surface area contributed by atoms with Gasteiger partial charge in [-0.05, 0) is 61.9 Å². The van der Waals surface area contributed by atoms with Crippen LogP contribution in [0, 0.1) is 6.92 Å². The normalized spacial score (nSPS) is 16.5. The summed E-state index contributed by atoms with van der Waals surface area (Å²) in [6.07, 6.45) is 4.43. The van der Waals surface area contributed by atoms with Gasteiger partial charge in [-0.15, -0.1) is 0 Å². The molecular formula is C22H24ClNO2. The second-order valence-corrected chi connectivity index (χ2v) is 7.51. The molecule has 136 valence electrons. The molecule has 0 fully saturated rings. The molecule has 0 spiro atoms. The minimum atomic E-state index is 0.446. The molecular weight excluding hydrogens is 346 g/mol. The fourth-order valence-electron chi connectivity index (χ4n) is 4.23. The number of rotatable bonds is 4. The maximum absolute atomic E-state index is 6.62. The number of aryl methyl sites for hydroxylation is 2. The summed E-state index contributed by atoms with van der Waals surface area (Å²) in [5.74, 6) is 1.74. The highest BCUT2D eigenvalue weighted by Gasteiger charge is 2.26. The molecule has 0 radical (unpaired) electrons. The number of methoxy groups -OCH3 is 2. The molecule has 4 rings (SSSR count). The number of H-pyrrole nitrogens is 1. The quantitative estimate of drug-likeness (QED) is 0.629. The third-order valence-electron chi connectivity index (χ3n) is 5.51. The van der Waals surface area contributed by atoms with Gasteiger partial charge in [-0.1, -0.05) is 29.3 Å². The van der Waals surface area contributed by atoms with E-state index in [0.717, 1.165) is 18.4 Å². The zero-order valence-corrected chi connectivity index (χ0v) is 16.2. The SMILES string of the molecule is COc1ccc(CC2CCCc3c2[nH]c2ccc(C)cc32)c(Cl)c1OC. The molecule has 0 aliphatic heterocycles. The predicted octanol–water partition coefficient (Wildman–Crippen LogP) is 5.81. The first-order chi connectivity index (χ1) is 12.6. The Labute approximate surface area is 159 Å². The fourth-order valence-corrected chi connectivity index (χ4v) is 4.54. The summed E-state index contributed by atoms with van der Waals surface area (Å²) < 4.78 is 10.8. The first-order valence-corrected chi connectivity index (χ1v) is 9.50. The van der Waals surface area contributed by atoms with E-state index in [4.69, 9.17) is 21.1 Å². The van der Waals surface area contributed by atoms with Gasteiger partial charge in [-0.25, -0.2) is 0 Å². The van der Waals surface area contributed by atoms with Gasteiger partial charge in [0.05, 0.1) is 19.2 Å². The van der Waals surface area contributed by atoms with Crippen LogP contribution in [0.2, 0.25) is 5.02 Å². The molecule has 1 heterocycles. The Bertz CT molecular complexity index is 960. The van der Waals surface area contributed by atoms with E-state index in [1.165, 1.54) is 40.6 Å². The van der Waals surface area contributed by atoms with Crippen LogP contribution in [0.15, 0.2) is 30.3 Å². The number of nitrogens with one attached hydrogen (secondary N) is 1. The van der Waals surface area contributed by atoms with Crippen LogP contribution in [-0.2, 0) is 12.8 Å². The van der Waals surface area contributed by atoms with Crippen molar-refractivity contribution in [2.24, 2.45) is 0 Å². The average Bonchev–Trinajstić information content (AvgIpc) is 3.02. The largest absolute Gasteiger partial charge is 0.493 e. The summed E-state index contributed by atoms with van der Waals surface area (Å²) in [7, 11) is 3.26. The van der Waals surface area contributed by atoms with Crippen LogP contribution in [0.1, 0.15) is 41.1 Å². The molecule has 1 aliphatic carbocycles. The van der Waals surface area contributed by atoms with Crippen molar-refractivity contribution in [1.29, 1.82) is 0 Å². The van der Waals surface area contributed by atoms with Crippen molar-refractivity contribution in [3.05, 3.63) is 57.7 Å². The van der Waals surface area contributed by atoms with E-state index in [0.29, 0.717) is 22.4 Å². The number of benzene rings is 2. The Kier molecular flexibility index (Phi) is 4.58. The molecule has 26 heavy (non-hydrogen) atoms. The number of hydrogen-bond acceptors (Lipinski definition) is 2. The lowest BCUT2D eigenvalue weighted by molar-refractivity contribution is 0.354. The highest BCUT2D eigenvalue weighted by Crippen LogP contribution is 2.42. The van der Waals surface area contributed by atoms with Gasteiger partial charge in [0.1, 0.15) is 0 Å². The number of ether oxygens (including phenoxy) is 2.